The fourth-order valence-corrected chi connectivity index (χ4v) is 9.43. The molecule has 0 aliphatic carbocycles. The van der Waals surface area contributed by atoms with Crippen LogP contribution in [0.15, 0.2) is 239 Å². The summed E-state index contributed by atoms with van der Waals surface area (Å²) >= 11 is 0. The number of rotatable bonds is 8. The van der Waals surface area contributed by atoms with Gasteiger partial charge in [-0.05, 0) is 74.8 Å². The highest BCUT2D eigenvalue weighted by Gasteiger charge is 2.23. The lowest BCUT2D eigenvalue weighted by molar-refractivity contribution is 0.667. The van der Waals surface area contributed by atoms with Crippen LogP contribution in [0.25, 0.3) is 134 Å². The van der Waals surface area contributed by atoms with E-state index in [-0.39, 0.29) is 0 Å². The van der Waals surface area contributed by atoms with Gasteiger partial charge in [0.25, 0.3) is 0 Å². The first kappa shape index (κ1) is 39.1. The molecule has 4 heterocycles. The average molecular weight is 871 g/mol. The molecule has 13 aromatic rings. The minimum absolute atomic E-state index is 0.628. The van der Waals surface area contributed by atoms with E-state index in [1.807, 2.05) is 48.5 Å². The number of para-hydroxylation sites is 2. The maximum absolute atomic E-state index is 6.65. The molecule has 4 aromatic heterocycles. The van der Waals surface area contributed by atoms with Crippen LogP contribution >= 0.6 is 0 Å². The lowest BCUT2D eigenvalue weighted by Gasteiger charge is -2.16. The van der Waals surface area contributed by atoms with Gasteiger partial charge in [0.1, 0.15) is 33.6 Å². The van der Waals surface area contributed by atoms with Crippen LogP contribution in [0.4, 0.5) is 0 Å². The van der Waals surface area contributed by atoms with Crippen LogP contribution in [0.1, 0.15) is 0 Å². The summed E-state index contributed by atoms with van der Waals surface area (Å²) in [5.74, 6) is 1.26. The number of furan rings is 2. The van der Waals surface area contributed by atoms with Gasteiger partial charge in [0, 0.05) is 33.0 Å². The van der Waals surface area contributed by atoms with Gasteiger partial charge in [-0.1, -0.05) is 200 Å². The topological polar surface area (TPSA) is 77.8 Å². The first-order valence-corrected chi connectivity index (χ1v) is 22.7. The van der Waals surface area contributed by atoms with Crippen molar-refractivity contribution >= 4 is 44.1 Å². The highest BCUT2D eigenvalue weighted by molar-refractivity contribution is 6.09. The summed E-state index contributed by atoms with van der Waals surface area (Å²) in [5.41, 5.74) is 18.3. The predicted octanol–water partition coefficient (Wildman–Crippen LogP) is 16.4. The van der Waals surface area contributed by atoms with Gasteiger partial charge in [-0.25, -0.2) is 19.9 Å². The molecule has 0 aliphatic rings. The van der Waals surface area contributed by atoms with Gasteiger partial charge in [-0.2, -0.15) is 0 Å². The number of fused-ring (bicyclic) bond motifs is 6. The van der Waals surface area contributed by atoms with Crippen LogP contribution in [-0.4, -0.2) is 19.9 Å². The van der Waals surface area contributed by atoms with E-state index in [4.69, 9.17) is 28.8 Å². The summed E-state index contributed by atoms with van der Waals surface area (Å²) in [7, 11) is 0. The lowest BCUT2D eigenvalue weighted by Crippen LogP contribution is -1.96. The molecule has 13 rings (SSSR count). The van der Waals surface area contributed by atoms with Crippen molar-refractivity contribution in [2.24, 2.45) is 0 Å². The van der Waals surface area contributed by atoms with Gasteiger partial charge in [-0.15, -0.1) is 0 Å². The Morgan fingerprint density at radius 3 is 1.19 bits per heavy atom. The van der Waals surface area contributed by atoms with Crippen molar-refractivity contribution in [2.75, 3.05) is 0 Å². The standard InChI is InChI=1S/C62H38N4O2/c1-3-16-39(17-4-1)41-30-34-43(35-31-41)61-63-55(59-57(65-61)51-26-11-13-28-53(51)67-59)46-21-15-20-45(38-46)47-22-7-8-23-48(47)49-24-9-10-25-50(49)56-60-58(52-27-12-14-29-54(52)68-60)66-62(64-56)44-36-32-42(33-37-44)40-18-5-2-6-19-40/h1-38H. The lowest BCUT2D eigenvalue weighted by atomic mass is 9.90. The minimum atomic E-state index is 0.628. The molecule has 318 valence electrons. The van der Waals surface area contributed by atoms with E-state index in [0.29, 0.717) is 22.8 Å². The monoisotopic (exact) mass is 870 g/mol. The van der Waals surface area contributed by atoms with Crippen molar-refractivity contribution in [3.8, 4) is 89.8 Å². The van der Waals surface area contributed by atoms with E-state index in [2.05, 4.69) is 182 Å². The number of hydrogen-bond donors (Lipinski definition) is 0. The summed E-state index contributed by atoms with van der Waals surface area (Å²) in [5, 5.41) is 1.89. The Labute approximate surface area is 391 Å². The Morgan fingerprint density at radius 1 is 0.250 bits per heavy atom. The molecule has 0 atom stereocenters. The third kappa shape index (κ3) is 6.82. The second kappa shape index (κ2) is 16.3. The molecule has 0 saturated carbocycles. The largest absolute Gasteiger partial charge is 0.452 e. The van der Waals surface area contributed by atoms with Crippen LogP contribution in [-0.2, 0) is 0 Å². The number of hydrogen-bond acceptors (Lipinski definition) is 6. The summed E-state index contributed by atoms with van der Waals surface area (Å²) < 4.78 is 13.2. The van der Waals surface area contributed by atoms with E-state index >= 15 is 0 Å². The molecule has 6 heteroatoms. The van der Waals surface area contributed by atoms with Crippen LogP contribution in [0.3, 0.4) is 0 Å². The first-order chi connectivity index (χ1) is 33.7. The SMILES string of the molecule is c1ccc(-c2ccc(-c3nc(-c4cccc(-c5ccccc5-c5ccccc5-c5nc(-c6ccc(-c7ccccc7)cc6)nc6c5oc5ccccc56)c4)c4oc5ccccc5c4n3)cc2)cc1. The Kier molecular flexibility index (Phi) is 9.39. The summed E-state index contributed by atoms with van der Waals surface area (Å²) in [6.07, 6.45) is 0. The van der Waals surface area contributed by atoms with Gasteiger partial charge in [0.2, 0.25) is 0 Å². The van der Waals surface area contributed by atoms with Crippen LogP contribution in [0.2, 0.25) is 0 Å². The molecule has 0 spiro atoms. The van der Waals surface area contributed by atoms with Crippen LogP contribution in [0.5, 0.6) is 0 Å². The first-order valence-electron chi connectivity index (χ1n) is 22.7. The third-order valence-electron chi connectivity index (χ3n) is 12.8. The average Bonchev–Trinajstić information content (AvgIpc) is 4.00. The third-order valence-corrected chi connectivity index (χ3v) is 12.8. The summed E-state index contributed by atoms with van der Waals surface area (Å²) in [6, 6.07) is 79.4. The molecule has 68 heavy (non-hydrogen) atoms. The van der Waals surface area contributed by atoms with E-state index in [9.17, 15) is 0 Å². The Balaban J connectivity index is 0.943. The minimum Gasteiger partial charge on any atom is -0.452 e. The molecule has 0 unspecified atom stereocenters. The normalized spacial score (nSPS) is 11.5. The van der Waals surface area contributed by atoms with Gasteiger partial charge in [0.15, 0.2) is 22.8 Å². The van der Waals surface area contributed by atoms with Gasteiger partial charge in [-0.3, -0.25) is 0 Å². The molecule has 0 amide bonds. The molecule has 0 fully saturated rings. The van der Waals surface area contributed by atoms with Crippen molar-refractivity contribution in [3.05, 3.63) is 231 Å². The molecule has 0 bridgehead atoms. The molecule has 0 radical (unpaired) electrons. The second-order valence-electron chi connectivity index (χ2n) is 16.9. The highest BCUT2D eigenvalue weighted by atomic mass is 16.3. The van der Waals surface area contributed by atoms with Crippen LogP contribution < -0.4 is 0 Å². The Hall–Kier alpha value is -9.26. The highest BCUT2D eigenvalue weighted by Crippen LogP contribution is 2.43. The number of nitrogens with zero attached hydrogens (tertiary/aromatic N) is 4. The van der Waals surface area contributed by atoms with E-state index in [1.165, 1.54) is 0 Å². The zero-order valence-electron chi connectivity index (χ0n) is 36.5. The smallest absolute Gasteiger partial charge is 0.180 e. The quantitative estimate of drug-likeness (QED) is 0.151. The fraction of sp³-hybridized carbons (Fsp3) is 0. The molecule has 0 N–H and O–H groups in total. The summed E-state index contributed by atoms with van der Waals surface area (Å²) in [6.45, 7) is 0. The number of aromatic nitrogens is 4. The van der Waals surface area contributed by atoms with Crippen molar-refractivity contribution in [1.82, 2.24) is 19.9 Å². The van der Waals surface area contributed by atoms with Crippen molar-refractivity contribution in [1.29, 1.82) is 0 Å². The molecular formula is C62H38N4O2. The van der Waals surface area contributed by atoms with Crippen molar-refractivity contribution in [2.45, 2.75) is 0 Å². The maximum Gasteiger partial charge on any atom is 0.180 e. The fourth-order valence-electron chi connectivity index (χ4n) is 9.43. The maximum atomic E-state index is 6.65. The second-order valence-corrected chi connectivity index (χ2v) is 16.9. The zero-order chi connectivity index (χ0) is 45.0. The van der Waals surface area contributed by atoms with Gasteiger partial charge in [0.05, 0.1) is 0 Å². The zero-order valence-corrected chi connectivity index (χ0v) is 36.5. The molecular weight excluding hydrogens is 833 g/mol. The molecule has 0 aliphatic heterocycles. The molecule has 9 aromatic carbocycles. The van der Waals surface area contributed by atoms with Gasteiger partial charge >= 0.3 is 0 Å². The van der Waals surface area contributed by atoms with E-state index in [0.717, 1.165) is 111 Å². The predicted molar refractivity (Wildman–Crippen MR) is 276 cm³/mol. The Morgan fingerprint density at radius 2 is 0.632 bits per heavy atom. The van der Waals surface area contributed by atoms with E-state index < -0.39 is 0 Å². The van der Waals surface area contributed by atoms with Gasteiger partial charge < -0.3 is 8.83 Å². The molecule has 0 saturated heterocycles. The summed E-state index contributed by atoms with van der Waals surface area (Å²) in [4.78, 5) is 21.0. The van der Waals surface area contributed by atoms with Crippen LogP contribution in [0, 0.1) is 0 Å². The van der Waals surface area contributed by atoms with Crippen molar-refractivity contribution in [3.63, 3.8) is 0 Å². The van der Waals surface area contributed by atoms with E-state index in [1.54, 1.807) is 0 Å². The van der Waals surface area contributed by atoms with Crippen molar-refractivity contribution < 1.29 is 8.83 Å². The Bertz CT molecular complexity index is 4010. The number of benzene rings is 9. The molecule has 6 nitrogen and oxygen atoms in total.